The maximum absolute atomic E-state index is 14.3. The fourth-order valence-corrected chi connectivity index (χ4v) is 6.60. The number of hydrogen-bond acceptors (Lipinski definition) is 8. The molecule has 3 aliphatic heterocycles. The monoisotopic (exact) mass is 913 g/mol. The number of aromatic nitrogens is 2. The molecule has 3 saturated heterocycles. The molecular formula is C36H37ClF13N7O4. The second-order valence-corrected chi connectivity index (χ2v) is 14.5. The van der Waals surface area contributed by atoms with Crippen molar-refractivity contribution >= 4 is 29.5 Å². The summed E-state index contributed by atoms with van der Waals surface area (Å²) in [5, 5.41) is 4.55. The first kappa shape index (κ1) is 47.3. The number of nitrogens with zero attached hydrogens (tertiary/aromatic N) is 7. The molecule has 0 atom stereocenters. The third kappa shape index (κ3) is 12.9. The fraction of sp³-hybridized carbons (Fsp3) is 0.528. The Balaban J connectivity index is 0.000000231. The molecule has 0 unspecified atom stereocenters. The number of ether oxygens (including phenoxy) is 2. The van der Waals surface area contributed by atoms with Gasteiger partial charge in [-0.05, 0) is 47.9 Å². The molecule has 6 rings (SSSR count). The minimum absolute atomic E-state index is 0.0338. The van der Waals surface area contributed by atoms with Gasteiger partial charge in [0, 0.05) is 102 Å². The maximum atomic E-state index is 14.3. The molecule has 0 radical (unpaired) electrons. The number of carbonyl (C=O) groups excluding carboxylic acids is 2. The zero-order valence-electron chi connectivity index (χ0n) is 31.6. The third-order valence-corrected chi connectivity index (χ3v) is 9.93. The Bertz CT molecular complexity index is 1900. The molecule has 11 nitrogen and oxygen atoms in total. The van der Waals surface area contributed by atoms with E-state index in [9.17, 15) is 66.7 Å². The van der Waals surface area contributed by atoms with E-state index in [-0.39, 0.29) is 51.5 Å². The van der Waals surface area contributed by atoms with E-state index in [4.69, 9.17) is 11.6 Å². The lowest BCUT2D eigenvalue weighted by Gasteiger charge is -2.38. The summed E-state index contributed by atoms with van der Waals surface area (Å²) in [6.45, 7) is 3.25. The first-order valence-corrected chi connectivity index (χ1v) is 18.7. The van der Waals surface area contributed by atoms with Crippen molar-refractivity contribution in [3.8, 4) is 5.69 Å². The average molecular weight is 914 g/mol. The van der Waals surface area contributed by atoms with Crippen molar-refractivity contribution < 1.29 is 76.1 Å². The third-order valence-electron chi connectivity index (χ3n) is 9.70. The Kier molecular flexibility index (Phi) is 14.8. The van der Waals surface area contributed by atoms with E-state index in [0.29, 0.717) is 30.2 Å². The lowest BCUT2D eigenvalue weighted by atomic mass is 10.1. The molecule has 25 heteroatoms. The summed E-state index contributed by atoms with van der Waals surface area (Å²) in [5.41, 5.74) is 2.89. The highest BCUT2D eigenvalue weighted by molar-refractivity contribution is 6.30. The van der Waals surface area contributed by atoms with Crippen molar-refractivity contribution in [1.29, 1.82) is 0 Å². The van der Waals surface area contributed by atoms with Crippen LogP contribution in [0.5, 0.6) is 0 Å². The zero-order valence-corrected chi connectivity index (χ0v) is 32.4. The van der Waals surface area contributed by atoms with E-state index in [2.05, 4.69) is 19.5 Å². The summed E-state index contributed by atoms with van der Waals surface area (Å²) in [6.07, 6.45) is -30.4. The summed E-state index contributed by atoms with van der Waals surface area (Å²) in [7, 11) is 0. The zero-order chi connectivity index (χ0) is 44.9. The van der Waals surface area contributed by atoms with Crippen LogP contribution in [0.1, 0.15) is 17.5 Å². The van der Waals surface area contributed by atoms with Gasteiger partial charge in [0.15, 0.2) is 0 Å². The minimum atomic E-state index is -5.76. The van der Waals surface area contributed by atoms with Crippen molar-refractivity contribution in [1.82, 2.24) is 29.4 Å². The predicted molar refractivity (Wildman–Crippen MR) is 190 cm³/mol. The molecule has 1 aromatic heterocycles. The van der Waals surface area contributed by atoms with Crippen LogP contribution in [0.4, 0.5) is 72.4 Å². The van der Waals surface area contributed by atoms with Crippen LogP contribution in [-0.2, 0) is 22.6 Å². The van der Waals surface area contributed by atoms with Gasteiger partial charge in [-0.15, -0.1) is 0 Å². The van der Waals surface area contributed by atoms with E-state index in [1.165, 1.54) is 16.9 Å². The first-order chi connectivity index (χ1) is 28.4. The van der Waals surface area contributed by atoms with Crippen LogP contribution in [-0.4, -0.2) is 144 Å². The molecule has 3 aliphatic rings. The highest BCUT2D eigenvalue weighted by Gasteiger charge is 2.61. The summed E-state index contributed by atoms with van der Waals surface area (Å²) in [4.78, 5) is 31.2. The summed E-state index contributed by atoms with van der Waals surface area (Å²) >= 11 is 6.09. The number of rotatable bonds is 8. The Labute approximate surface area is 344 Å². The Morgan fingerprint density at radius 3 is 1.54 bits per heavy atom. The molecule has 0 saturated carbocycles. The van der Waals surface area contributed by atoms with Crippen LogP contribution < -0.4 is 4.90 Å². The molecule has 0 bridgehead atoms. The minimum Gasteiger partial charge on any atom is -0.426 e. The second kappa shape index (κ2) is 19.1. The van der Waals surface area contributed by atoms with E-state index >= 15 is 0 Å². The predicted octanol–water partition coefficient (Wildman–Crippen LogP) is 8.06. The number of carbonyl (C=O) groups is 2. The number of amides is 2. The number of anilines is 1. The fourth-order valence-electron chi connectivity index (χ4n) is 6.43. The molecule has 4 heterocycles. The largest absolute Gasteiger partial charge is 0.434 e. The molecule has 0 aliphatic carbocycles. The van der Waals surface area contributed by atoms with Gasteiger partial charge in [0.05, 0.1) is 0 Å². The molecular weight excluding hydrogens is 877 g/mol. The van der Waals surface area contributed by atoms with Gasteiger partial charge in [-0.3, -0.25) is 9.80 Å². The van der Waals surface area contributed by atoms with Gasteiger partial charge in [-0.25, -0.2) is 18.7 Å². The maximum Gasteiger partial charge on any atom is 0.434 e. The standard InChI is InChI=1S/C18H20ClF6N3O2.C18H17F7N4O2/c19-13-3-2-12(14(10-13)27-4-1-5-27)11-26-6-8-28(9-7-26)16(29)30-15(17(20,21)22)18(23,24)25;19-13-10-12(2-3-14(13)29-5-1-4-26-29)11-27-6-8-28(9-7-27)16(30)31-15(17(20,21)22)18(23,24)25/h2-3,10,15H,1,4-9,11H2;1-5,10,15H,6-9,11H2. The highest BCUT2D eigenvalue weighted by Crippen LogP contribution is 2.37. The molecule has 2 amide bonds. The summed E-state index contributed by atoms with van der Waals surface area (Å²) in [5.74, 6) is -0.506. The van der Waals surface area contributed by atoms with Gasteiger partial charge in [0.25, 0.3) is 12.2 Å². The lowest BCUT2D eigenvalue weighted by molar-refractivity contribution is -0.309. The topological polar surface area (TPSA) is 86.6 Å². The van der Waals surface area contributed by atoms with Gasteiger partial charge in [0.1, 0.15) is 11.5 Å². The van der Waals surface area contributed by atoms with Gasteiger partial charge in [-0.2, -0.15) is 57.8 Å². The van der Waals surface area contributed by atoms with E-state index in [0.717, 1.165) is 40.6 Å². The van der Waals surface area contributed by atoms with E-state index in [1.807, 2.05) is 17.0 Å². The Morgan fingerprint density at radius 1 is 0.639 bits per heavy atom. The van der Waals surface area contributed by atoms with Crippen LogP contribution in [0.15, 0.2) is 54.9 Å². The van der Waals surface area contributed by atoms with Crippen LogP contribution in [0, 0.1) is 5.82 Å². The van der Waals surface area contributed by atoms with E-state index in [1.54, 1.807) is 35.4 Å². The SMILES string of the molecule is O=C(OC(C(F)(F)F)C(F)(F)F)N1CCN(Cc2ccc(-n3cccn3)c(F)c2)CC1.O=C(OC(C(F)(F)F)C(F)(F)F)N1CCN(Cc2ccc(Cl)cc2N2CCC2)CC1. The van der Waals surface area contributed by atoms with Crippen molar-refractivity contribution in [2.75, 3.05) is 70.3 Å². The first-order valence-electron chi connectivity index (χ1n) is 18.3. The Morgan fingerprint density at radius 2 is 1.13 bits per heavy atom. The lowest BCUT2D eigenvalue weighted by Crippen LogP contribution is -2.52. The van der Waals surface area contributed by atoms with Crippen molar-refractivity contribution in [3.63, 3.8) is 0 Å². The van der Waals surface area contributed by atoms with Crippen molar-refractivity contribution in [2.45, 2.75) is 56.4 Å². The number of hydrogen-bond donors (Lipinski definition) is 0. The molecule has 2 aromatic carbocycles. The molecule has 338 valence electrons. The number of halogens is 14. The molecule has 61 heavy (non-hydrogen) atoms. The normalized spacial score (nSPS) is 17.3. The van der Waals surface area contributed by atoms with Gasteiger partial charge in [-0.1, -0.05) is 23.7 Å². The van der Waals surface area contributed by atoms with Crippen LogP contribution >= 0.6 is 11.6 Å². The van der Waals surface area contributed by atoms with Gasteiger partial charge < -0.3 is 24.2 Å². The summed E-state index contributed by atoms with van der Waals surface area (Å²) < 4.78 is 174. The average Bonchev–Trinajstić information content (AvgIpc) is 3.67. The number of benzene rings is 2. The van der Waals surface area contributed by atoms with Crippen molar-refractivity contribution in [3.05, 3.63) is 76.8 Å². The number of alkyl halides is 12. The molecule has 3 aromatic rings. The van der Waals surface area contributed by atoms with Gasteiger partial charge in [0.2, 0.25) is 0 Å². The number of piperazine rings is 2. The second-order valence-electron chi connectivity index (χ2n) is 14.1. The van der Waals surface area contributed by atoms with Crippen LogP contribution in [0.25, 0.3) is 5.69 Å². The molecule has 3 fully saturated rings. The highest BCUT2D eigenvalue weighted by atomic mass is 35.5. The van der Waals surface area contributed by atoms with Gasteiger partial charge >= 0.3 is 36.9 Å². The smallest absolute Gasteiger partial charge is 0.426 e. The van der Waals surface area contributed by atoms with E-state index < -0.39 is 54.9 Å². The Hall–Kier alpha value is -4.71. The van der Waals surface area contributed by atoms with Crippen LogP contribution in [0.3, 0.4) is 0 Å². The van der Waals surface area contributed by atoms with Crippen LogP contribution in [0.2, 0.25) is 5.02 Å². The quantitative estimate of drug-likeness (QED) is 0.210. The van der Waals surface area contributed by atoms with Crippen molar-refractivity contribution in [2.24, 2.45) is 0 Å². The molecule has 0 spiro atoms. The molecule has 0 N–H and O–H groups in total. The summed E-state index contributed by atoms with van der Waals surface area (Å²) in [6, 6.07) is 11.7.